The normalized spacial score (nSPS) is 10.5. The van der Waals surface area contributed by atoms with Crippen LogP contribution in [0.15, 0.2) is 35.0 Å². The first-order valence-corrected chi connectivity index (χ1v) is 6.26. The Morgan fingerprint density at radius 1 is 1.29 bits per heavy atom. The van der Waals surface area contributed by atoms with Crippen LogP contribution in [-0.2, 0) is 13.2 Å². The van der Waals surface area contributed by atoms with E-state index >= 15 is 0 Å². The molecular formula is C13H14FNOS. The summed E-state index contributed by atoms with van der Waals surface area (Å²) in [6.07, 6.45) is 0. The van der Waals surface area contributed by atoms with Crippen LogP contribution in [0.4, 0.5) is 10.1 Å². The molecule has 0 saturated heterocycles. The van der Waals surface area contributed by atoms with Crippen molar-refractivity contribution in [2.45, 2.75) is 13.2 Å². The zero-order valence-corrected chi connectivity index (χ0v) is 10.4. The maximum Gasteiger partial charge on any atom is 0.146 e. The molecule has 1 aromatic carbocycles. The summed E-state index contributed by atoms with van der Waals surface area (Å²) in [5, 5.41) is 13.0. The Balaban J connectivity index is 2.16. The maximum atomic E-state index is 13.8. The highest BCUT2D eigenvalue weighted by atomic mass is 32.1. The zero-order chi connectivity index (χ0) is 12.3. The lowest BCUT2D eigenvalue weighted by Gasteiger charge is -2.19. The van der Waals surface area contributed by atoms with Crippen LogP contribution in [-0.4, -0.2) is 12.2 Å². The average molecular weight is 251 g/mol. The van der Waals surface area contributed by atoms with Crippen molar-refractivity contribution in [2.75, 3.05) is 11.9 Å². The molecule has 1 N–H and O–H groups in total. The van der Waals surface area contributed by atoms with Gasteiger partial charge >= 0.3 is 0 Å². The average Bonchev–Trinajstić information content (AvgIpc) is 2.81. The fraction of sp³-hybridized carbons (Fsp3) is 0.231. The van der Waals surface area contributed by atoms with Crippen LogP contribution in [0.1, 0.15) is 11.1 Å². The molecule has 0 aliphatic heterocycles. The third-order valence-electron chi connectivity index (χ3n) is 2.61. The van der Waals surface area contributed by atoms with E-state index in [1.54, 1.807) is 23.5 Å². The number of aliphatic hydroxyl groups is 1. The topological polar surface area (TPSA) is 23.5 Å². The van der Waals surface area contributed by atoms with E-state index in [1.165, 1.54) is 11.6 Å². The van der Waals surface area contributed by atoms with E-state index in [2.05, 4.69) is 5.38 Å². The Bertz CT molecular complexity index is 484. The second kappa shape index (κ2) is 5.29. The smallest absolute Gasteiger partial charge is 0.146 e. The summed E-state index contributed by atoms with van der Waals surface area (Å²) < 4.78 is 13.8. The van der Waals surface area contributed by atoms with Crippen molar-refractivity contribution in [3.05, 3.63) is 52.0 Å². The summed E-state index contributed by atoms with van der Waals surface area (Å²) >= 11 is 1.63. The van der Waals surface area contributed by atoms with E-state index in [9.17, 15) is 4.39 Å². The number of hydrogen-bond donors (Lipinski definition) is 1. The highest BCUT2D eigenvalue weighted by Gasteiger charge is 2.08. The van der Waals surface area contributed by atoms with Crippen LogP contribution in [0, 0.1) is 5.82 Å². The predicted molar refractivity (Wildman–Crippen MR) is 68.7 cm³/mol. The van der Waals surface area contributed by atoms with Gasteiger partial charge in [-0.2, -0.15) is 11.3 Å². The van der Waals surface area contributed by atoms with Gasteiger partial charge in [-0.3, -0.25) is 0 Å². The van der Waals surface area contributed by atoms with Gasteiger partial charge in [0.25, 0.3) is 0 Å². The van der Waals surface area contributed by atoms with Crippen molar-refractivity contribution in [3.63, 3.8) is 0 Å². The molecule has 2 aromatic rings. The monoisotopic (exact) mass is 251 g/mol. The van der Waals surface area contributed by atoms with Gasteiger partial charge in [-0.1, -0.05) is 6.07 Å². The van der Waals surface area contributed by atoms with Gasteiger partial charge < -0.3 is 10.0 Å². The number of anilines is 1. The van der Waals surface area contributed by atoms with Crippen molar-refractivity contribution in [2.24, 2.45) is 0 Å². The minimum absolute atomic E-state index is 0.133. The number of benzene rings is 1. The molecule has 0 atom stereocenters. The molecule has 1 aromatic heterocycles. The first-order valence-electron chi connectivity index (χ1n) is 5.32. The lowest BCUT2D eigenvalue weighted by Crippen LogP contribution is -2.17. The molecule has 0 unspecified atom stereocenters. The van der Waals surface area contributed by atoms with Crippen LogP contribution in [0.25, 0.3) is 0 Å². The summed E-state index contributed by atoms with van der Waals surface area (Å²) in [7, 11) is 1.86. The van der Waals surface area contributed by atoms with Crippen molar-refractivity contribution in [3.8, 4) is 0 Å². The number of nitrogens with zero attached hydrogens (tertiary/aromatic N) is 1. The molecule has 1 heterocycles. The molecule has 2 rings (SSSR count). The number of thiophene rings is 1. The number of halogens is 1. The Morgan fingerprint density at radius 3 is 2.71 bits per heavy atom. The van der Waals surface area contributed by atoms with Crippen LogP contribution in [0.3, 0.4) is 0 Å². The summed E-state index contributed by atoms with van der Waals surface area (Å²) in [5.74, 6) is -0.297. The Labute approximate surface area is 104 Å². The van der Waals surface area contributed by atoms with E-state index in [0.717, 1.165) is 0 Å². The van der Waals surface area contributed by atoms with E-state index in [4.69, 9.17) is 5.11 Å². The van der Waals surface area contributed by atoms with Gasteiger partial charge in [0, 0.05) is 13.6 Å². The lowest BCUT2D eigenvalue weighted by molar-refractivity contribution is 0.281. The van der Waals surface area contributed by atoms with Gasteiger partial charge in [0.1, 0.15) is 5.82 Å². The molecule has 0 bridgehead atoms. The fourth-order valence-corrected chi connectivity index (χ4v) is 2.36. The molecule has 0 radical (unpaired) electrons. The SMILES string of the molecule is CN(Cc1ccsc1)c1ccc(CO)cc1F. The van der Waals surface area contributed by atoms with E-state index in [1.807, 2.05) is 23.4 Å². The van der Waals surface area contributed by atoms with Crippen LogP contribution >= 0.6 is 11.3 Å². The lowest BCUT2D eigenvalue weighted by atomic mass is 10.2. The van der Waals surface area contributed by atoms with E-state index in [-0.39, 0.29) is 12.4 Å². The van der Waals surface area contributed by atoms with Crippen molar-refractivity contribution >= 4 is 17.0 Å². The van der Waals surface area contributed by atoms with Gasteiger partial charge in [0.2, 0.25) is 0 Å². The van der Waals surface area contributed by atoms with E-state index < -0.39 is 0 Å². The van der Waals surface area contributed by atoms with Crippen LogP contribution in [0.5, 0.6) is 0 Å². The maximum absolute atomic E-state index is 13.8. The highest BCUT2D eigenvalue weighted by molar-refractivity contribution is 7.07. The Hall–Kier alpha value is -1.39. The fourth-order valence-electron chi connectivity index (χ4n) is 1.70. The first kappa shape index (κ1) is 12.1. The number of aliphatic hydroxyl groups excluding tert-OH is 1. The summed E-state index contributed by atoms with van der Waals surface area (Å²) in [6.45, 7) is 0.546. The third kappa shape index (κ3) is 2.84. The molecule has 0 aliphatic rings. The summed E-state index contributed by atoms with van der Waals surface area (Å²) in [4.78, 5) is 1.86. The second-order valence-corrected chi connectivity index (χ2v) is 4.71. The standard InChI is InChI=1S/C13H14FNOS/c1-15(7-11-4-5-17-9-11)13-3-2-10(8-16)6-12(13)14/h2-6,9,16H,7-8H2,1H3. The first-order chi connectivity index (χ1) is 8.20. The predicted octanol–water partition coefficient (Wildman–Crippen LogP) is 3.02. The number of rotatable bonds is 4. The second-order valence-electron chi connectivity index (χ2n) is 3.93. The molecule has 4 heteroatoms. The molecule has 2 nitrogen and oxygen atoms in total. The summed E-state index contributed by atoms with van der Waals surface area (Å²) in [5.41, 5.74) is 2.31. The van der Waals surface area contributed by atoms with Gasteiger partial charge in [0.05, 0.1) is 12.3 Å². The molecule has 17 heavy (non-hydrogen) atoms. The van der Waals surface area contributed by atoms with Crippen LogP contribution < -0.4 is 4.90 Å². The van der Waals surface area contributed by atoms with Gasteiger partial charge in [-0.25, -0.2) is 4.39 Å². The largest absolute Gasteiger partial charge is 0.392 e. The quantitative estimate of drug-likeness (QED) is 0.903. The molecule has 0 amide bonds. The zero-order valence-electron chi connectivity index (χ0n) is 9.56. The summed E-state index contributed by atoms with van der Waals surface area (Å²) in [6, 6.07) is 6.84. The molecule has 90 valence electrons. The minimum atomic E-state index is -0.297. The van der Waals surface area contributed by atoms with E-state index in [0.29, 0.717) is 17.8 Å². The van der Waals surface area contributed by atoms with Gasteiger partial charge in [0.15, 0.2) is 0 Å². The molecule has 0 saturated carbocycles. The highest BCUT2D eigenvalue weighted by Crippen LogP contribution is 2.21. The Kier molecular flexibility index (Phi) is 3.76. The third-order valence-corrected chi connectivity index (χ3v) is 3.34. The molecule has 0 aliphatic carbocycles. The Morgan fingerprint density at radius 2 is 2.12 bits per heavy atom. The molecule has 0 fully saturated rings. The van der Waals surface area contributed by atoms with Crippen molar-refractivity contribution in [1.82, 2.24) is 0 Å². The van der Waals surface area contributed by atoms with Gasteiger partial charge in [-0.15, -0.1) is 0 Å². The van der Waals surface area contributed by atoms with Crippen LogP contribution in [0.2, 0.25) is 0 Å². The minimum Gasteiger partial charge on any atom is -0.392 e. The molecular weight excluding hydrogens is 237 g/mol. The molecule has 0 spiro atoms. The number of hydrogen-bond acceptors (Lipinski definition) is 3. The van der Waals surface area contributed by atoms with Crippen molar-refractivity contribution in [1.29, 1.82) is 0 Å². The van der Waals surface area contributed by atoms with Crippen molar-refractivity contribution < 1.29 is 9.50 Å². The van der Waals surface area contributed by atoms with Gasteiger partial charge in [-0.05, 0) is 40.1 Å².